The molecule has 14 unspecified atom stereocenters. The number of aliphatic hydroxyl groups is 19. The van der Waals surface area contributed by atoms with Gasteiger partial charge in [0.1, 0.15) is 171 Å². The summed E-state index contributed by atoms with van der Waals surface area (Å²) >= 11 is 1.60. The molecule has 23 heterocycles. The summed E-state index contributed by atoms with van der Waals surface area (Å²) in [5, 5.41) is 234. The lowest BCUT2D eigenvalue weighted by atomic mass is 9.95. The minimum Gasteiger partial charge on any atom is -0.480 e. The fraction of sp³-hybridized carbons (Fsp3) is 0.879. The van der Waals surface area contributed by atoms with Gasteiger partial charge in [0.15, 0.2) is 44.0 Å². The Kier molecular flexibility index (Phi) is 39.0. The summed E-state index contributed by atoms with van der Waals surface area (Å²) in [6.07, 6.45) is -71.6. The number of carbonyl (C=O) groups excluding carboxylic acids is 6. The Labute approximate surface area is 683 Å². The van der Waals surface area contributed by atoms with E-state index in [1.54, 1.807) is 0 Å². The number of rotatable bonds is 26. The normalized spacial score (nSPS) is 41.5. The first-order valence-electron chi connectivity index (χ1n) is 37.7. The van der Waals surface area contributed by atoms with Crippen molar-refractivity contribution in [2.45, 2.75) is 279 Å². The van der Waals surface area contributed by atoms with Gasteiger partial charge in [-0.2, -0.15) is 23.5 Å². The number of thioether (sulfide) groups is 2. The summed E-state index contributed by atoms with van der Waals surface area (Å²) in [6, 6.07) is -2.94. The third-order valence-electron chi connectivity index (χ3n) is 19.9. The van der Waals surface area contributed by atoms with Crippen LogP contribution in [-0.4, -0.2) is 474 Å². The van der Waals surface area contributed by atoms with Crippen LogP contribution in [0.4, 0.5) is 0 Å². The topological polar surface area (TPSA) is 786 Å². The van der Waals surface area contributed by atoms with Gasteiger partial charge in [0.25, 0.3) is 23.6 Å². The van der Waals surface area contributed by atoms with E-state index in [0.29, 0.717) is 10.1 Å². The standard InChI is InChI=1S/C48H80N2O37S2.C16H20N2O10.C2H6/c49-10(40(70)71)6-88-8-17-38-25(62)32(69)48(80-17)85-37-16(5-55)76-44(28(65)21(37)58)83-35-14(3-53)78-46(30(67)23(35)60)87-39-18(9-89-7-11(50)41(72)73)79-47(31(68)24(39)61)84-36-15(4-54)75-43(27(64)20(36)57)81-33-12(1-51)74-42(26(63)19(33)56)82-34-13(2-52)77-45(86-38)29(66)22(34)59;19-11-1-2-12(20)17(11)27-15(23)5-7-25-9-10-26-8-6-16(24)28-18-13(21)3-4-14(18)22;1-2/h10-39,42-48,51-69H,1-9,49-50H2,(H,70,71)(H,72,73);1-10H2;1-2H3/t10-,11-,12?,13?,14?,15?,16?,17?,18?,19-,20-,21-,22-,23+,24-,25-,26?,27?,28?,29?,30?,31?,32?,33-,34-,35-,36-,37-,38-,39-,42-,43+,44+,45-,46+,47+,48-;;/m1../s1. The summed E-state index contributed by atoms with van der Waals surface area (Å²) in [7, 11) is 0. The molecule has 684 valence electrons. The van der Waals surface area contributed by atoms with Crippen molar-refractivity contribution in [3.63, 3.8) is 0 Å². The number of hydrogen-bond donors (Lipinski definition) is 23. The Morgan fingerprint density at radius 2 is 0.529 bits per heavy atom. The number of nitrogens with two attached hydrogens (primary N) is 2. The number of carboxylic acids is 2. The highest BCUT2D eigenvalue weighted by Gasteiger charge is 2.60. The second kappa shape index (κ2) is 46.6. The van der Waals surface area contributed by atoms with Gasteiger partial charge in [-0.3, -0.25) is 28.8 Å². The Morgan fingerprint density at radius 3 is 0.723 bits per heavy atom. The van der Waals surface area contributed by atoms with Crippen LogP contribution in [0.2, 0.25) is 0 Å². The monoisotopic (exact) mass is 1770 g/mol. The summed E-state index contributed by atoms with van der Waals surface area (Å²) in [6.45, 7) is -1.17. The smallest absolute Gasteiger partial charge is 0.335 e. The van der Waals surface area contributed by atoms with Crippen LogP contribution in [0.5, 0.6) is 0 Å². The van der Waals surface area contributed by atoms with Crippen molar-refractivity contribution in [1.29, 1.82) is 0 Å². The molecule has 4 amide bonds. The van der Waals surface area contributed by atoms with Crippen LogP contribution in [0.25, 0.3) is 0 Å². The van der Waals surface area contributed by atoms with Gasteiger partial charge in [0.05, 0.1) is 84.5 Å². The van der Waals surface area contributed by atoms with Gasteiger partial charge in [0, 0.05) is 48.7 Å². The van der Waals surface area contributed by atoms with E-state index in [-0.39, 0.29) is 76.5 Å². The number of hydroxylamine groups is 4. The van der Waals surface area contributed by atoms with E-state index < -0.39 is 319 Å². The molecule has 37 atom stereocenters. The molecular formula is C66H106N4O47S2. The van der Waals surface area contributed by atoms with Crippen molar-refractivity contribution < 1.29 is 231 Å². The molecule has 51 nitrogen and oxygen atoms in total. The quantitative estimate of drug-likeness (QED) is 0.0282. The predicted octanol–water partition coefficient (Wildman–Crippen LogP) is -14.9. The van der Waals surface area contributed by atoms with Gasteiger partial charge < -0.3 is 204 Å². The van der Waals surface area contributed by atoms with Crippen molar-refractivity contribution >= 4 is 71.0 Å². The molecule has 23 saturated heterocycles. The van der Waals surface area contributed by atoms with E-state index in [1.165, 1.54) is 0 Å². The van der Waals surface area contributed by atoms with Crippen molar-refractivity contribution in [3.8, 4) is 0 Å². The van der Waals surface area contributed by atoms with Gasteiger partial charge in [-0.1, -0.05) is 13.8 Å². The van der Waals surface area contributed by atoms with Crippen molar-refractivity contribution in [2.75, 3.05) is 82.5 Å². The number of imide groups is 2. The molecule has 23 aliphatic heterocycles. The fourth-order valence-corrected chi connectivity index (χ4v) is 15.5. The SMILES string of the molecule is CC.N[C@H](CSCC1O[C@@H]2O[C@@H]3C(CO)O[C@@H](O[C@@H]4C(CO)O[C@@H](O[C@@H]5C(CSC[C@@H](N)C(=O)O)O[C@@H](O[C@@H]6C(CO)O[C@@H](O[C@@H]7C(CO)O[C@H](O[C@@H]8C(CO)O[C@H](O[C@H]1[C@H](O)C2O)C(O)[C@H]8O)C(O)[C@H]7O)C(O)[C@H]6O)C(O)[C@H]5O)C(O)[C@@H]4O)C(O)[C@H]3O)C(=O)O.O=C(CCOCCOCCC(=O)ON1C(=O)CCC1=O)ON1C(=O)CCC1=O. The number of carboxylic acid groups (broad SMARTS) is 2. The van der Waals surface area contributed by atoms with Crippen LogP contribution >= 0.6 is 23.5 Å². The van der Waals surface area contributed by atoms with E-state index in [9.17, 15) is 146 Å². The van der Waals surface area contributed by atoms with Gasteiger partial charge in [-0.15, -0.1) is 10.1 Å². The number of carbonyl (C=O) groups is 8. The van der Waals surface area contributed by atoms with Crippen LogP contribution in [0.1, 0.15) is 52.4 Å². The second-order valence-corrected chi connectivity index (χ2v) is 30.2. The molecule has 53 heteroatoms. The van der Waals surface area contributed by atoms with Crippen LogP contribution in [-0.2, 0) is 124 Å². The molecular weight excluding hydrogens is 1660 g/mol. The molecule has 0 spiro atoms. The molecule has 14 bridgehead atoms. The lowest BCUT2D eigenvalue weighted by Crippen LogP contribution is -2.68. The third-order valence-corrected chi connectivity index (χ3v) is 22.2. The highest BCUT2D eigenvalue weighted by Crippen LogP contribution is 2.40. The van der Waals surface area contributed by atoms with E-state index >= 15 is 0 Å². The van der Waals surface area contributed by atoms with E-state index in [1.807, 2.05) is 13.8 Å². The summed E-state index contributed by atoms with van der Waals surface area (Å²) in [4.78, 5) is 101. The molecule has 0 saturated carbocycles. The van der Waals surface area contributed by atoms with E-state index in [2.05, 4.69) is 9.68 Å². The highest BCUT2D eigenvalue weighted by atomic mass is 32.2. The number of ether oxygens (including phenoxy) is 16. The summed E-state index contributed by atoms with van der Waals surface area (Å²) in [5.41, 5.74) is 11.4. The first-order chi connectivity index (χ1) is 56.6. The molecule has 0 aromatic carbocycles. The largest absolute Gasteiger partial charge is 0.480 e. The average molecular weight is 1770 g/mol. The van der Waals surface area contributed by atoms with Gasteiger partial charge >= 0.3 is 23.9 Å². The second-order valence-electron chi connectivity index (χ2n) is 28.1. The Bertz CT molecular complexity index is 3120. The number of aliphatic carboxylic acids is 2. The molecule has 0 radical (unpaired) electrons. The van der Waals surface area contributed by atoms with Crippen LogP contribution in [0, 0.1) is 0 Å². The zero-order valence-electron chi connectivity index (χ0n) is 63.7. The van der Waals surface area contributed by atoms with Crippen molar-refractivity contribution in [3.05, 3.63) is 0 Å². The van der Waals surface area contributed by atoms with Gasteiger partial charge in [0.2, 0.25) is 0 Å². The van der Waals surface area contributed by atoms with Crippen LogP contribution < -0.4 is 11.5 Å². The molecule has 0 aliphatic carbocycles. The van der Waals surface area contributed by atoms with Crippen molar-refractivity contribution in [1.82, 2.24) is 10.1 Å². The summed E-state index contributed by atoms with van der Waals surface area (Å²) < 4.78 is 91.9. The third kappa shape index (κ3) is 24.8. The first-order valence-corrected chi connectivity index (χ1v) is 40.0. The minimum absolute atomic E-state index is 0.000358. The van der Waals surface area contributed by atoms with Gasteiger partial charge in [-0.25, -0.2) is 9.59 Å². The molecule has 23 aliphatic rings. The zero-order chi connectivity index (χ0) is 87.7. The van der Waals surface area contributed by atoms with E-state index in [4.69, 9.17) is 87.3 Å². The highest BCUT2D eigenvalue weighted by molar-refractivity contribution is 7.99. The fourth-order valence-electron chi connectivity index (χ4n) is 13.4. The average Bonchev–Trinajstić information content (AvgIpc) is 1.26. The molecule has 25 N–H and O–H groups in total. The minimum atomic E-state index is -2.27. The Morgan fingerprint density at radius 1 is 0.336 bits per heavy atom. The maximum atomic E-state index is 11.7. The lowest BCUT2D eigenvalue weighted by molar-refractivity contribution is -0.395. The first kappa shape index (κ1) is 99.8. The Balaban J connectivity index is 0.000000494. The van der Waals surface area contributed by atoms with Crippen LogP contribution in [0.15, 0.2) is 0 Å². The van der Waals surface area contributed by atoms with Gasteiger partial charge in [-0.05, 0) is 0 Å². The van der Waals surface area contributed by atoms with E-state index in [0.717, 1.165) is 23.5 Å². The predicted molar refractivity (Wildman–Crippen MR) is 377 cm³/mol. The number of nitrogens with zero attached hydrogens (tertiary/aromatic N) is 2. The number of hydrogen-bond acceptors (Lipinski definition) is 49. The van der Waals surface area contributed by atoms with Crippen molar-refractivity contribution in [2.24, 2.45) is 11.5 Å². The van der Waals surface area contributed by atoms with Crippen LogP contribution in [0.3, 0.4) is 0 Å². The zero-order valence-corrected chi connectivity index (χ0v) is 65.3. The lowest BCUT2D eigenvalue weighted by Gasteiger charge is -2.50. The molecule has 0 aromatic rings. The number of amides is 4. The number of aliphatic hydroxyl groups excluding tert-OH is 19. The molecule has 23 fully saturated rings. The maximum absolute atomic E-state index is 11.7. The Hall–Kier alpha value is -4.62. The molecule has 23 rings (SSSR count). The molecule has 119 heavy (non-hydrogen) atoms. The maximum Gasteiger partial charge on any atom is 0.335 e. The summed E-state index contributed by atoms with van der Waals surface area (Å²) in [5.74, 6) is -8.00. The molecule has 0 aromatic heterocycles.